The van der Waals surface area contributed by atoms with E-state index in [0.717, 1.165) is 22.6 Å². The summed E-state index contributed by atoms with van der Waals surface area (Å²) >= 11 is 6.18. The summed E-state index contributed by atoms with van der Waals surface area (Å²) in [6.45, 7) is 0. The van der Waals surface area contributed by atoms with Crippen molar-refractivity contribution in [1.82, 2.24) is 10.3 Å². The molecule has 3 N–H and O–H groups in total. The Balaban J connectivity index is 2.26. The molecule has 1 heterocycles. The molecule has 1 aromatic carbocycles. The number of hydrogen-bond donors (Lipinski definition) is 2. The summed E-state index contributed by atoms with van der Waals surface area (Å²) in [5.41, 5.74) is 8.00. The number of rotatable bonds is 4. The Morgan fingerprint density at radius 3 is 2.72 bits per heavy atom. The molecule has 18 heavy (non-hydrogen) atoms. The Labute approximate surface area is 112 Å². The van der Waals surface area contributed by atoms with Crippen LogP contribution in [0.15, 0.2) is 42.6 Å². The average molecular weight is 262 g/mol. The van der Waals surface area contributed by atoms with Crippen LogP contribution in [0.1, 0.15) is 17.2 Å². The maximum Gasteiger partial charge on any atom is 0.128 e. The van der Waals surface area contributed by atoms with Crippen LogP contribution in [0.5, 0.6) is 0 Å². The number of aromatic nitrogens is 1. The molecule has 0 aliphatic heterocycles. The van der Waals surface area contributed by atoms with Crippen LogP contribution < -0.4 is 11.1 Å². The van der Waals surface area contributed by atoms with Crippen LogP contribution in [0.3, 0.4) is 0 Å². The van der Waals surface area contributed by atoms with E-state index in [9.17, 15) is 0 Å². The summed E-state index contributed by atoms with van der Waals surface area (Å²) in [7, 11) is 1.91. The highest BCUT2D eigenvalue weighted by atomic mass is 35.5. The van der Waals surface area contributed by atoms with Gasteiger partial charge >= 0.3 is 0 Å². The molecule has 0 saturated carbocycles. The van der Waals surface area contributed by atoms with Crippen molar-refractivity contribution in [1.29, 1.82) is 0 Å². The summed E-state index contributed by atoms with van der Waals surface area (Å²) in [5, 5.41) is 4.03. The van der Waals surface area contributed by atoms with Gasteiger partial charge in [0.05, 0.1) is 0 Å². The van der Waals surface area contributed by atoms with E-state index in [1.54, 1.807) is 6.20 Å². The second kappa shape index (κ2) is 5.85. The number of nitrogens with two attached hydrogens (primary N) is 1. The summed E-state index contributed by atoms with van der Waals surface area (Å²) in [6.07, 6.45) is 2.48. The van der Waals surface area contributed by atoms with Crippen LogP contribution in [0.25, 0.3) is 0 Å². The van der Waals surface area contributed by atoms with Gasteiger partial charge in [-0.2, -0.15) is 0 Å². The van der Waals surface area contributed by atoms with Gasteiger partial charge in [-0.25, -0.2) is 4.98 Å². The van der Waals surface area contributed by atoms with Crippen molar-refractivity contribution in [3.05, 3.63) is 58.7 Å². The Bertz CT molecular complexity index is 528. The first-order chi connectivity index (χ1) is 8.72. The monoisotopic (exact) mass is 261 g/mol. The minimum atomic E-state index is 0.110. The molecule has 1 atom stereocenters. The highest BCUT2D eigenvalue weighted by Gasteiger charge is 2.14. The zero-order valence-electron chi connectivity index (χ0n) is 10.2. The zero-order valence-corrected chi connectivity index (χ0v) is 11.0. The summed E-state index contributed by atoms with van der Waals surface area (Å²) in [4.78, 5) is 4.12. The number of hydrogen-bond acceptors (Lipinski definition) is 3. The maximum atomic E-state index is 6.18. The van der Waals surface area contributed by atoms with Gasteiger partial charge in [0.2, 0.25) is 0 Å². The minimum absolute atomic E-state index is 0.110. The number of nitrogen functional groups attached to an aromatic ring is 1. The van der Waals surface area contributed by atoms with E-state index in [-0.39, 0.29) is 6.04 Å². The SMILES string of the molecule is CNC(Cc1ccccc1Cl)c1cccnc1N. The molecule has 0 spiro atoms. The molecule has 0 aliphatic carbocycles. The number of likely N-dealkylation sites (N-methyl/N-ethyl adjacent to an activating group) is 1. The van der Waals surface area contributed by atoms with Crippen molar-refractivity contribution in [2.24, 2.45) is 0 Å². The van der Waals surface area contributed by atoms with E-state index in [4.69, 9.17) is 17.3 Å². The molecule has 0 aliphatic rings. The van der Waals surface area contributed by atoms with E-state index in [0.29, 0.717) is 5.82 Å². The van der Waals surface area contributed by atoms with Crippen molar-refractivity contribution >= 4 is 17.4 Å². The van der Waals surface area contributed by atoms with E-state index in [1.165, 1.54) is 0 Å². The third kappa shape index (κ3) is 2.81. The Morgan fingerprint density at radius 1 is 1.28 bits per heavy atom. The molecule has 0 fully saturated rings. The maximum absolute atomic E-state index is 6.18. The molecule has 1 unspecified atom stereocenters. The lowest BCUT2D eigenvalue weighted by Crippen LogP contribution is -2.20. The van der Waals surface area contributed by atoms with E-state index < -0.39 is 0 Å². The quantitative estimate of drug-likeness (QED) is 0.890. The van der Waals surface area contributed by atoms with E-state index >= 15 is 0 Å². The lowest BCUT2D eigenvalue weighted by Gasteiger charge is -2.18. The molecule has 0 saturated heterocycles. The molecule has 94 valence electrons. The fourth-order valence-corrected chi connectivity index (χ4v) is 2.19. The molecule has 4 heteroatoms. The first-order valence-electron chi connectivity index (χ1n) is 5.83. The summed E-state index contributed by atoms with van der Waals surface area (Å²) in [6, 6.07) is 11.8. The molecule has 1 aromatic heterocycles. The van der Waals surface area contributed by atoms with Gasteiger partial charge in [-0.1, -0.05) is 35.9 Å². The average Bonchev–Trinajstić information content (AvgIpc) is 2.39. The fourth-order valence-electron chi connectivity index (χ4n) is 1.98. The minimum Gasteiger partial charge on any atom is -0.383 e. The Morgan fingerprint density at radius 2 is 2.06 bits per heavy atom. The van der Waals surface area contributed by atoms with Gasteiger partial charge in [0, 0.05) is 22.8 Å². The second-order valence-corrected chi connectivity index (χ2v) is 4.52. The number of halogens is 1. The molecule has 0 bridgehead atoms. The van der Waals surface area contributed by atoms with Gasteiger partial charge in [-0.3, -0.25) is 0 Å². The van der Waals surface area contributed by atoms with Crippen molar-refractivity contribution in [3.63, 3.8) is 0 Å². The van der Waals surface area contributed by atoms with Crippen molar-refractivity contribution in [2.45, 2.75) is 12.5 Å². The van der Waals surface area contributed by atoms with E-state index in [1.807, 2.05) is 43.4 Å². The van der Waals surface area contributed by atoms with Gasteiger partial charge in [-0.15, -0.1) is 0 Å². The van der Waals surface area contributed by atoms with Crippen LogP contribution in [-0.4, -0.2) is 12.0 Å². The number of pyridine rings is 1. The molecule has 0 radical (unpaired) electrons. The smallest absolute Gasteiger partial charge is 0.128 e. The third-order valence-corrected chi connectivity index (χ3v) is 3.35. The lowest BCUT2D eigenvalue weighted by atomic mass is 9.99. The number of nitrogens with one attached hydrogen (secondary N) is 1. The molecular formula is C14H16ClN3. The van der Waals surface area contributed by atoms with Crippen molar-refractivity contribution in [2.75, 3.05) is 12.8 Å². The normalized spacial score (nSPS) is 12.3. The highest BCUT2D eigenvalue weighted by Crippen LogP contribution is 2.25. The molecule has 2 aromatic rings. The summed E-state index contributed by atoms with van der Waals surface area (Å²) < 4.78 is 0. The van der Waals surface area contributed by atoms with Crippen LogP contribution in [0.4, 0.5) is 5.82 Å². The first kappa shape index (κ1) is 12.9. The summed E-state index contributed by atoms with van der Waals surface area (Å²) in [5.74, 6) is 0.559. The van der Waals surface area contributed by atoms with Crippen LogP contribution in [0, 0.1) is 0 Å². The molecule has 3 nitrogen and oxygen atoms in total. The van der Waals surface area contributed by atoms with Gasteiger partial charge in [0.15, 0.2) is 0 Å². The Kier molecular flexibility index (Phi) is 4.18. The molecule has 2 rings (SSSR count). The fraction of sp³-hybridized carbons (Fsp3) is 0.214. The predicted octanol–water partition coefficient (Wildman–Crippen LogP) is 2.82. The Hall–Kier alpha value is -1.58. The van der Waals surface area contributed by atoms with Crippen LogP contribution in [0.2, 0.25) is 5.02 Å². The first-order valence-corrected chi connectivity index (χ1v) is 6.21. The second-order valence-electron chi connectivity index (χ2n) is 4.11. The van der Waals surface area contributed by atoms with Gasteiger partial charge in [0.1, 0.15) is 5.82 Å². The number of benzene rings is 1. The van der Waals surface area contributed by atoms with Crippen LogP contribution in [-0.2, 0) is 6.42 Å². The van der Waals surface area contributed by atoms with Crippen LogP contribution >= 0.6 is 11.6 Å². The molecule has 0 amide bonds. The lowest BCUT2D eigenvalue weighted by molar-refractivity contribution is 0.592. The zero-order chi connectivity index (χ0) is 13.0. The van der Waals surface area contributed by atoms with Gasteiger partial charge in [0.25, 0.3) is 0 Å². The standard InChI is InChI=1S/C14H16ClN3/c1-17-13(11-6-4-8-18-14(11)16)9-10-5-2-3-7-12(10)15/h2-8,13,17H,9H2,1H3,(H2,16,18). The number of nitrogens with zero attached hydrogens (tertiary/aromatic N) is 1. The highest BCUT2D eigenvalue weighted by molar-refractivity contribution is 6.31. The van der Waals surface area contributed by atoms with Crippen molar-refractivity contribution in [3.8, 4) is 0 Å². The predicted molar refractivity (Wildman–Crippen MR) is 75.6 cm³/mol. The van der Waals surface area contributed by atoms with Gasteiger partial charge in [-0.05, 0) is 31.2 Å². The van der Waals surface area contributed by atoms with Gasteiger partial charge < -0.3 is 11.1 Å². The number of anilines is 1. The topological polar surface area (TPSA) is 50.9 Å². The molecular weight excluding hydrogens is 246 g/mol. The largest absolute Gasteiger partial charge is 0.383 e. The van der Waals surface area contributed by atoms with E-state index in [2.05, 4.69) is 10.3 Å². The third-order valence-electron chi connectivity index (χ3n) is 2.98. The van der Waals surface area contributed by atoms with Crippen molar-refractivity contribution < 1.29 is 0 Å².